The first-order valence-electron chi connectivity index (χ1n) is 5.28. The maximum absolute atomic E-state index is 6.06. The lowest BCUT2D eigenvalue weighted by Crippen LogP contribution is -1.96. The van der Waals surface area contributed by atoms with Crippen LogP contribution in [0.2, 0.25) is 5.02 Å². The smallest absolute Gasteiger partial charge is 0.138 e. The van der Waals surface area contributed by atoms with Gasteiger partial charge in [0.25, 0.3) is 0 Å². The van der Waals surface area contributed by atoms with Crippen LogP contribution < -0.4 is 4.74 Å². The van der Waals surface area contributed by atoms with E-state index in [-0.39, 0.29) is 0 Å². The second-order valence-corrected chi connectivity index (χ2v) is 5.50. The third-order valence-electron chi connectivity index (χ3n) is 2.39. The fourth-order valence-corrected chi connectivity index (χ4v) is 1.99. The zero-order chi connectivity index (χ0) is 12.3. The van der Waals surface area contributed by atoms with E-state index in [1.165, 1.54) is 3.57 Å². The molecule has 0 aliphatic heterocycles. The Morgan fingerprint density at radius 2 is 1.82 bits per heavy atom. The third-order valence-corrected chi connectivity index (χ3v) is 3.43. The molecule has 1 nitrogen and oxygen atoms in total. The summed E-state index contributed by atoms with van der Waals surface area (Å²) in [6, 6.07) is 14.0. The molecular formula is C14H12ClIO. The van der Waals surface area contributed by atoms with Crippen molar-refractivity contribution < 1.29 is 4.74 Å². The van der Waals surface area contributed by atoms with Crippen LogP contribution in [0.15, 0.2) is 42.5 Å². The molecule has 0 aromatic heterocycles. The topological polar surface area (TPSA) is 9.23 Å². The molecule has 3 heteroatoms. The lowest BCUT2D eigenvalue weighted by Gasteiger charge is -2.09. The van der Waals surface area contributed by atoms with Gasteiger partial charge in [-0.05, 0) is 64.9 Å². The highest BCUT2D eigenvalue weighted by Gasteiger charge is 2.02. The van der Waals surface area contributed by atoms with E-state index in [0.29, 0.717) is 11.6 Å². The maximum atomic E-state index is 6.06. The van der Waals surface area contributed by atoms with Gasteiger partial charge in [0.1, 0.15) is 12.4 Å². The van der Waals surface area contributed by atoms with Gasteiger partial charge in [-0.25, -0.2) is 0 Å². The van der Waals surface area contributed by atoms with Gasteiger partial charge in [-0.3, -0.25) is 0 Å². The van der Waals surface area contributed by atoms with Crippen LogP contribution in [0, 0.1) is 10.5 Å². The molecule has 0 atom stereocenters. The van der Waals surface area contributed by atoms with Crippen molar-refractivity contribution in [1.82, 2.24) is 0 Å². The molecule has 0 saturated carbocycles. The van der Waals surface area contributed by atoms with E-state index in [1.807, 2.05) is 25.1 Å². The normalized spacial score (nSPS) is 10.3. The zero-order valence-electron chi connectivity index (χ0n) is 9.41. The Kier molecular flexibility index (Phi) is 4.29. The Morgan fingerprint density at radius 1 is 1.12 bits per heavy atom. The fraction of sp³-hybridized carbons (Fsp3) is 0.143. The van der Waals surface area contributed by atoms with Gasteiger partial charge in [0, 0.05) is 3.57 Å². The predicted octanol–water partition coefficient (Wildman–Crippen LogP) is 4.83. The minimum Gasteiger partial charge on any atom is -0.487 e. The highest BCUT2D eigenvalue weighted by Crippen LogP contribution is 2.26. The lowest BCUT2D eigenvalue weighted by molar-refractivity contribution is 0.306. The van der Waals surface area contributed by atoms with Crippen molar-refractivity contribution in [2.24, 2.45) is 0 Å². The van der Waals surface area contributed by atoms with Gasteiger partial charge in [0.2, 0.25) is 0 Å². The quantitative estimate of drug-likeness (QED) is 0.714. The standard InChI is InChI=1S/C14H12ClIO/c1-10-2-7-13(15)14(8-10)17-9-11-3-5-12(16)6-4-11/h2-8H,9H2,1H3. The van der Waals surface area contributed by atoms with Crippen molar-refractivity contribution in [3.63, 3.8) is 0 Å². The Morgan fingerprint density at radius 3 is 2.53 bits per heavy atom. The van der Waals surface area contributed by atoms with E-state index in [0.717, 1.165) is 16.9 Å². The third kappa shape index (κ3) is 3.61. The molecule has 0 spiro atoms. The SMILES string of the molecule is Cc1ccc(Cl)c(OCc2ccc(I)cc2)c1. The van der Waals surface area contributed by atoms with E-state index in [2.05, 4.69) is 46.9 Å². The molecule has 0 radical (unpaired) electrons. The summed E-state index contributed by atoms with van der Waals surface area (Å²) < 4.78 is 6.93. The average molecular weight is 359 g/mol. The summed E-state index contributed by atoms with van der Waals surface area (Å²) in [6.45, 7) is 2.56. The zero-order valence-corrected chi connectivity index (χ0v) is 12.3. The number of hydrogen-bond acceptors (Lipinski definition) is 1. The minimum atomic E-state index is 0.542. The van der Waals surface area contributed by atoms with Crippen molar-refractivity contribution in [3.05, 3.63) is 62.2 Å². The minimum absolute atomic E-state index is 0.542. The van der Waals surface area contributed by atoms with E-state index >= 15 is 0 Å². The molecule has 0 bridgehead atoms. The molecule has 2 aromatic rings. The molecule has 0 aliphatic carbocycles. The van der Waals surface area contributed by atoms with E-state index in [9.17, 15) is 0 Å². The molecular weight excluding hydrogens is 347 g/mol. The number of halogens is 2. The molecule has 88 valence electrons. The summed E-state index contributed by atoms with van der Waals surface area (Å²) in [4.78, 5) is 0. The molecule has 0 amide bonds. The molecule has 0 unspecified atom stereocenters. The van der Waals surface area contributed by atoms with Crippen molar-refractivity contribution in [2.75, 3.05) is 0 Å². The van der Waals surface area contributed by atoms with Crippen LogP contribution in [-0.4, -0.2) is 0 Å². The number of hydrogen-bond donors (Lipinski definition) is 0. The highest BCUT2D eigenvalue weighted by molar-refractivity contribution is 14.1. The highest BCUT2D eigenvalue weighted by atomic mass is 127. The maximum Gasteiger partial charge on any atom is 0.138 e. The van der Waals surface area contributed by atoms with Crippen molar-refractivity contribution in [2.45, 2.75) is 13.5 Å². The largest absolute Gasteiger partial charge is 0.487 e. The Labute approximate surface area is 120 Å². The molecule has 0 saturated heterocycles. The van der Waals surface area contributed by atoms with E-state index < -0.39 is 0 Å². The van der Waals surface area contributed by atoms with Gasteiger partial charge in [-0.2, -0.15) is 0 Å². The summed E-state index contributed by atoms with van der Waals surface area (Å²) >= 11 is 8.35. The molecule has 0 aliphatic rings. The van der Waals surface area contributed by atoms with Crippen LogP contribution in [0.1, 0.15) is 11.1 Å². The summed E-state index contributed by atoms with van der Waals surface area (Å²) in [7, 11) is 0. The molecule has 17 heavy (non-hydrogen) atoms. The lowest BCUT2D eigenvalue weighted by atomic mass is 10.2. The van der Waals surface area contributed by atoms with Crippen LogP contribution in [0.25, 0.3) is 0 Å². The fourth-order valence-electron chi connectivity index (χ4n) is 1.46. The van der Waals surface area contributed by atoms with Crippen LogP contribution in [0.3, 0.4) is 0 Å². The second kappa shape index (κ2) is 5.74. The summed E-state index contributed by atoms with van der Waals surface area (Å²) in [6.07, 6.45) is 0. The molecule has 2 rings (SSSR count). The van der Waals surface area contributed by atoms with Crippen LogP contribution in [0.5, 0.6) is 5.75 Å². The van der Waals surface area contributed by atoms with Gasteiger partial charge < -0.3 is 4.74 Å². The van der Waals surface area contributed by atoms with Gasteiger partial charge in [0.05, 0.1) is 5.02 Å². The Hall–Kier alpha value is -0.740. The van der Waals surface area contributed by atoms with Gasteiger partial charge >= 0.3 is 0 Å². The van der Waals surface area contributed by atoms with Crippen molar-refractivity contribution >= 4 is 34.2 Å². The van der Waals surface area contributed by atoms with Crippen LogP contribution in [-0.2, 0) is 6.61 Å². The summed E-state index contributed by atoms with van der Waals surface area (Å²) in [5.74, 6) is 0.741. The van der Waals surface area contributed by atoms with E-state index in [1.54, 1.807) is 0 Å². The van der Waals surface area contributed by atoms with Crippen molar-refractivity contribution in [3.8, 4) is 5.75 Å². The predicted molar refractivity (Wildman–Crippen MR) is 79.7 cm³/mol. The average Bonchev–Trinajstić information content (AvgIpc) is 2.32. The molecule has 2 aromatic carbocycles. The Balaban J connectivity index is 2.07. The first kappa shape index (κ1) is 12.7. The van der Waals surface area contributed by atoms with Crippen molar-refractivity contribution in [1.29, 1.82) is 0 Å². The number of ether oxygens (including phenoxy) is 1. The monoisotopic (exact) mass is 358 g/mol. The summed E-state index contributed by atoms with van der Waals surface area (Å²) in [5.41, 5.74) is 2.29. The van der Waals surface area contributed by atoms with Gasteiger partial charge in [0.15, 0.2) is 0 Å². The molecule has 0 fully saturated rings. The number of rotatable bonds is 3. The summed E-state index contributed by atoms with van der Waals surface area (Å²) in [5, 5.41) is 0.654. The number of benzene rings is 2. The molecule has 0 N–H and O–H groups in total. The first-order chi connectivity index (χ1) is 8.15. The van der Waals surface area contributed by atoms with Crippen LogP contribution >= 0.6 is 34.2 Å². The van der Waals surface area contributed by atoms with Gasteiger partial charge in [-0.15, -0.1) is 0 Å². The van der Waals surface area contributed by atoms with Gasteiger partial charge in [-0.1, -0.05) is 29.8 Å². The second-order valence-electron chi connectivity index (χ2n) is 3.85. The molecule has 0 heterocycles. The van der Waals surface area contributed by atoms with E-state index in [4.69, 9.17) is 16.3 Å². The first-order valence-corrected chi connectivity index (χ1v) is 6.74. The van der Waals surface area contributed by atoms with Crippen LogP contribution in [0.4, 0.5) is 0 Å². The Bertz CT molecular complexity index is 508. The number of aryl methyl sites for hydroxylation is 1.